The van der Waals surface area contributed by atoms with Crippen LogP contribution in [-0.4, -0.2) is 18.1 Å². The van der Waals surface area contributed by atoms with Crippen LogP contribution in [0.5, 0.6) is 5.75 Å². The molecular weight excluding hydrogens is 448 g/mol. The summed E-state index contributed by atoms with van der Waals surface area (Å²) in [7, 11) is 0. The Morgan fingerprint density at radius 2 is 1.77 bits per heavy atom. The first-order chi connectivity index (χ1) is 14.4. The van der Waals surface area contributed by atoms with Crippen molar-refractivity contribution in [3.8, 4) is 5.75 Å². The highest BCUT2D eigenvalue weighted by atomic mass is 79.9. The van der Waals surface area contributed by atoms with Gasteiger partial charge in [0.2, 0.25) is 0 Å². The van der Waals surface area contributed by atoms with Crippen molar-refractivity contribution in [2.75, 3.05) is 0 Å². The molecule has 158 valence electrons. The molecule has 0 bridgehead atoms. The van der Waals surface area contributed by atoms with Crippen LogP contribution in [-0.2, 0) is 16.1 Å². The lowest BCUT2D eigenvalue weighted by molar-refractivity contribution is -0.143. The van der Waals surface area contributed by atoms with Gasteiger partial charge in [-0.25, -0.2) is 9.59 Å². The van der Waals surface area contributed by atoms with Gasteiger partial charge in [-0.05, 0) is 55.7 Å². The van der Waals surface area contributed by atoms with Crippen molar-refractivity contribution in [3.05, 3.63) is 75.4 Å². The van der Waals surface area contributed by atoms with Gasteiger partial charge in [0.25, 0.3) is 0 Å². The van der Waals surface area contributed by atoms with Crippen molar-refractivity contribution in [1.82, 2.24) is 10.6 Å². The van der Waals surface area contributed by atoms with Gasteiger partial charge >= 0.3 is 12.0 Å². The summed E-state index contributed by atoms with van der Waals surface area (Å²) < 4.78 is 12.3. The van der Waals surface area contributed by atoms with Crippen molar-refractivity contribution >= 4 is 27.9 Å². The Morgan fingerprint density at radius 1 is 1.10 bits per heavy atom. The molecule has 0 saturated carbocycles. The molecule has 1 heterocycles. The van der Waals surface area contributed by atoms with E-state index in [1.807, 2.05) is 55.5 Å². The summed E-state index contributed by atoms with van der Waals surface area (Å²) in [5.74, 6) is 0.267. The van der Waals surface area contributed by atoms with Gasteiger partial charge < -0.3 is 20.1 Å². The van der Waals surface area contributed by atoms with Crippen molar-refractivity contribution in [3.63, 3.8) is 0 Å². The van der Waals surface area contributed by atoms with E-state index in [0.717, 1.165) is 15.6 Å². The third-order valence-electron chi connectivity index (χ3n) is 4.60. The SMILES string of the molecule is CCC1=C(C(=O)OC(C)C)C(c2ccc(OCc3ccc(Br)cc3)cc2)NC(=O)N1. The minimum Gasteiger partial charge on any atom is -0.489 e. The molecule has 2 N–H and O–H groups in total. The Kier molecular flexibility index (Phi) is 7.15. The summed E-state index contributed by atoms with van der Waals surface area (Å²) in [6, 6.07) is 14.4. The lowest BCUT2D eigenvalue weighted by Gasteiger charge is -2.29. The first-order valence-electron chi connectivity index (χ1n) is 9.86. The number of hydrogen-bond acceptors (Lipinski definition) is 4. The van der Waals surface area contributed by atoms with Gasteiger partial charge in [0.15, 0.2) is 0 Å². The van der Waals surface area contributed by atoms with E-state index >= 15 is 0 Å². The van der Waals surface area contributed by atoms with Crippen molar-refractivity contribution in [2.45, 2.75) is 45.9 Å². The zero-order valence-corrected chi connectivity index (χ0v) is 18.8. The molecule has 0 aromatic heterocycles. The van der Waals surface area contributed by atoms with E-state index in [2.05, 4.69) is 26.6 Å². The van der Waals surface area contributed by atoms with Crippen molar-refractivity contribution < 1.29 is 19.1 Å². The molecule has 30 heavy (non-hydrogen) atoms. The molecular formula is C23H25BrN2O4. The average molecular weight is 473 g/mol. The highest BCUT2D eigenvalue weighted by Crippen LogP contribution is 2.30. The van der Waals surface area contributed by atoms with E-state index in [-0.39, 0.29) is 12.1 Å². The highest BCUT2D eigenvalue weighted by molar-refractivity contribution is 9.10. The van der Waals surface area contributed by atoms with E-state index in [0.29, 0.717) is 30.0 Å². The third kappa shape index (κ3) is 5.42. The van der Waals surface area contributed by atoms with Gasteiger partial charge in [-0.1, -0.05) is 47.1 Å². The summed E-state index contributed by atoms with van der Waals surface area (Å²) >= 11 is 3.42. The molecule has 0 radical (unpaired) electrons. The minimum atomic E-state index is -0.583. The molecule has 1 atom stereocenters. The molecule has 0 spiro atoms. The molecule has 2 aromatic carbocycles. The van der Waals surface area contributed by atoms with E-state index in [4.69, 9.17) is 9.47 Å². The number of amides is 2. The van der Waals surface area contributed by atoms with Gasteiger partial charge in [-0.15, -0.1) is 0 Å². The fraction of sp³-hybridized carbons (Fsp3) is 0.304. The first-order valence-corrected chi connectivity index (χ1v) is 10.7. The number of allylic oxidation sites excluding steroid dienone is 1. The third-order valence-corrected chi connectivity index (χ3v) is 5.13. The van der Waals surface area contributed by atoms with Gasteiger partial charge in [-0.2, -0.15) is 0 Å². The predicted octanol–water partition coefficient (Wildman–Crippen LogP) is 5.00. The number of halogens is 1. The van der Waals surface area contributed by atoms with Crippen molar-refractivity contribution in [1.29, 1.82) is 0 Å². The lowest BCUT2D eigenvalue weighted by Crippen LogP contribution is -2.46. The van der Waals surface area contributed by atoms with Crippen LogP contribution in [0.2, 0.25) is 0 Å². The number of esters is 1. The van der Waals surface area contributed by atoms with Gasteiger partial charge in [0.1, 0.15) is 12.4 Å². The zero-order valence-electron chi connectivity index (χ0n) is 17.2. The number of rotatable bonds is 7. The molecule has 6 nitrogen and oxygen atoms in total. The predicted molar refractivity (Wildman–Crippen MR) is 118 cm³/mol. The summed E-state index contributed by atoms with van der Waals surface area (Å²) in [6.07, 6.45) is 0.261. The summed E-state index contributed by atoms with van der Waals surface area (Å²) in [6.45, 7) is 5.93. The quantitative estimate of drug-likeness (QED) is 0.555. The Balaban J connectivity index is 1.79. The normalized spacial score (nSPS) is 16.2. The van der Waals surface area contributed by atoms with Crippen LogP contribution >= 0.6 is 15.9 Å². The molecule has 7 heteroatoms. The van der Waals surface area contributed by atoms with Gasteiger partial charge in [0.05, 0.1) is 17.7 Å². The van der Waals surface area contributed by atoms with Gasteiger partial charge in [0, 0.05) is 10.2 Å². The minimum absolute atomic E-state index is 0.254. The van der Waals surface area contributed by atoms with Crippen molar-refractivity contribution in [2.24, 2.45) is 0 Å². The Bertz CT molecular complexity index is 937. The fourth-order valence-electron chi connectivity index (χ4n) is 3.17. The number of carbonyl (C=O) groups is 2. The van der Waals surface area contributed by atoms with E-state index < -0.39 is 12.0 Å². The Morgan fingerprint density at radius 3 is 2.37 bits per heavy atom. The van der Waals surface area contributed by atoms with Crippen LogP contribution < -0.4 is 15.4 Å². The molecule has 1 aliphatic heterocycles. The van der Waals surface area contributed by atoms with Gasteiger partial charge in [-0.3, -0.25) is 0 Å². The molecule has 0 fully saturated rings. The maximum atomic E-state index is 12.7. The topological polar surface area (TPSA) is 76.7 Å². The number of hydrogen-bond donors (Lipinski definition) is 2. The molecule has 0 saturated heterocycles. The highest BCUT2D eigenvalue weighted by Gasteiger charge is 2.33. The largest absolute Gasteiger partial charge is 0.489 e. The molecule has 1 aliphatic rings. The molecule has 1 unspecified atom stereocenters. The maximum Gasteiger partial charge on any atom is 0.338 e. The number of carbonyl (C=O) groups excluding carboxylic acids is 2. The second kappa shape index (κ2) is 9.80. The lowest BCUT2D eigenvalue weighted by atomic mass is 9.94. The maximum absolute atomic E-state index is 12.7. The standard InChI is InChI=1S/C23H25BrN2O4/c1-4-19-20(22(27)30-14(2)3)21(26-23(28)25-19)16-7-11-18(12-8-16)29-13-15-5-9-17(24)10-6-15/h5-12,14,21H,4,13H2,1-3H3,(H2,25,26,28). The zero-order chi connectivity index (χ0) is 21.7. The number of urea groups is 1. The summed E-state index contributed by atoms with van der Waals surface area (Å²) in [5, 5.41) is 5.55. The second-order valence-corrected chi connectivity index (χ2v) is 8.13. The molecule has 3 rings (SSSR count). The number of nitrogens with one attached hydrogen (secondary N) is 2. The summed E-state index contributed by atoms with van der Waals surface area (Å²) in [5.41, 5.74) is 2.84. The second-order valence-electron chi connectivity index (χ2n) is 7.22. The number of benzene rings is 2. The molecule has 2 amide bonds. The Labute approximate surface area is 184 Å². The van der Waals surface area contributed by atoms with Crippen LogP contribution in [0, 0.1) is 0 Å². The smallest absolute Gasteiger partial charge is 0.338 e. The van der Waals surface area contributed by atoms with Crippen LogP contribution in [0.4, 0.5) is 4.79 Å². The van der Waals surface area contributed by atoms with E-state index in [1.165, 1.54) is 0 Å². The van der Waals surface area contributed by atoms with Crippen LogP contribution in [0.25, 0.3) is 0 Å². The molecule has 2 aromatic rings. The van der Waals surface area contributed by atoms with E-state index in [1.54, 1.807) is 13.8 Å². The number of ether oxygens (including phenoxy) is 2. The van der Waals surface area contributed by atoms with Crippen LogP contribution in [0.1, 0.15) is 44.4 Å². The first kappa shape index (κ1) is 21.9. The average Bonchev–Trinajstić information content (AvgIpc) is 2.72. The molecule has 0 aliphatic carbocycles. The van der Waals surface area contributed by atoms with Crippen LogP contribution in [0.15, 0.2) is 64.3 Å². The summed E-state index contributed by atoms with van der Waals surface area (Å²) in [4.78, 5) is 24.8. The van der Waals surface area contributed by atoms with Crippen LogP contribution in [0.3, 0.4) is 0 Å². The Hall–Kier alpha value is -2.80. The monoisotopic (exact) mass is 472 g/mol. The van der Waals surface area contributed by atoms with E-state index in [9.17, 15) is 9.59 Å². The fourth-order valence-corrected chi connectivity index (χ4v) is 3.43.